The maximum Gasteiger partial charge on any atom is 0.144 e. The van der Waals surface area contributed by atoms with Crippen LogP contribution in [0.5, 0.6) is 0 Å². The quantitative estimate of drug-likeness (QED) is 0.856. The van der Waals surface area contributed by atoms with Crippen LogP contribution < -0.4 is 5.32 Å². The van der Waals surface area contributed by atoms with E-state index in [1.807, 2.05) is 12.4 Å². The molecule has 1 aliphatic rings. The average Bonchev–Trinajstić information content (AvgIpc) is 2.42. The van der Waals surface area contributed by atoms with Crippen LogP contribution in [0.25, 0.3) is 0 Å². The van der Waals surface area contributed by atoms with E-state index >= 15 is 0 Å². The van der Waals surface area contributed by atoms with E-state index in [0.717, 1.165) is 30.5 Å². The zero-order valence-corrected chi connectivity index (χ0v) is 12.2. The maximum atomic E-state index is 4.46. The van der Waals surface area contributed by atoms with Crippen LogP contribution in [0.2, 0.25) is 0 Å². The lowest BCUT2D eigenvalue weighted by atomic mass is 9.89. The fourth-order valence-electron chi connectivity index (χ4n) is 2.86. The largest absolute Gasteiger partial charge is 0.369 e. The van der Waals surface area contributed by atoms with Gasteiger partial charge in [0.25, 0.3) is 0 Å². The van der Waals surface area contributed by atoms with Gasteiger partial charge in [-0.25, -0.2) is 4.98 Å². The summed E-state index contributed by atoms with van der Waals surface area (Å²) in [5, 5.41) is 3.17. The number of aromatic nitrogens is 2. The minimum Gasteiger partial charge on any atom is -0.369 e. The Morgan fingerprint density at radius 1 is 1.21 bits per heavy atom. The Balaban J connectivity index is 1.78. The van der Waals surface area contributed by atoms with Gasteiger partial charge in [-0.1, -0.05) is 19.3 Å². The molecule has 106 valence electrons. The van der Waals surface area contributed by atoms with Crippen LogP contribution in [0, 0.1) is 5.92 Å². The molecule has 1 aromatic rings. The van der Waals surface area contributed by atoms with Crippen LogP contribution in [0.1, 0.15) is 44.7 Å². The van der Waals surface area contributed by atoms with E-state index in [1.165, 1.54) is 38.6 Å². The number of nitrogens with zero attached hydrogens (tertiary/aromatic N) is 3. The Morgan fingerprint density at radius 2 is 2.00 bits per heavy atom. The van der Waals surface area contributed by atoms with Crippen LogP contribution >= 0.6 is 0 Å². The molecule has 1 N–H and O–H groups in total. The van der Waals surface area contributed by atoms with Crippen molar-refractivity contribution in [3.05, 3.63) is 18.1 Å². The minimum absolute atomic E-state index is 0.862. The molecule has 2 rings (SSSR count). The molecule has 0 spiro atoms. The first-order valence-corrected chi connectivity index (χ1v) is 7.51. The number of anilines is 1. The van der Waals surface area contributed by atoms with Gasteiger partial charge in [0.2, 0.25) is 0 Å². The van der Waals surface area contributed by atoms with Crippen molar-refractivity contribution >= 4 is 5.82 Å². The van der Waals surface area contributed by atoms with Gasteiger partial charge in [0.05, 0.1) is 18.1 Å². The SMILES string of the molecule is CCNc1cnc(CN(C)CC2CCCCC2)cn1. The highest BCUT2D eigenvalue weighted by Gasteiger charge is 2.15. The minimum atomic E-state index is 0.862. The smallest absolute Gasteiger partial charge is 0.144 e. The van der Waals surface area contributed by atoms with Gasteiger partial charge in [0.1, 0.15) is 5.82 Å². The summed E-state index contributed by atoms with van der Waals surface area (Å²) in [6.45, 7) is 5.04. The molecule has 0 bridgehead atoms. The maximum absolute atomic E-state index is 4.46. The molecule has 0 aliphatic heterocycles. The first kappa shape index (κ1) is 14.3. The van der Waals surface area contributed by atoms with E-state index < -0.39 is 0 Å². The van der Waals surface area contributed by atoms with Crippen molar-refractivity contribution in [1.29, 1.82) is 0 Å². The van der Waals surface area contributed by atoms with Crippen LogP contribution in [-0.4, -0.2) is 35.0 Å². The van der Waals surface area contributed by atoms with E-state index in [1.54, 1.807) is 0 Å². The second kappa shape index (κ2) is 7.43. The summed E-state index contributed by atoms with van der Waals surface area (Å²) in [6.07, 6.45) is 10.8. The van der Waals surface area contributed by atoms with Crippen LogP contribution in [0.4, 0.5) is 5.82 Å². The van der Waals surface area contributed by atoms with Crippen molar-refractivity contribution in [2.24, 2.45) is 5.92 Å². The number of rotatable bonds is 6. The molecule has 1 aromatic heterocycles. The molecule has 1 fully saturated rings. The van der Waals surface area contributed by atoms with Gasteiger partial charge in [-0.05, 0) is 32.7 Å². The number of hydrogen-bond acceptors (Lipinski definition) is 4. The second-order valence-electron chi connectivity index (χ2n) is 5.62. The fourth-order valence-corrected chi connectivity index (χ4v) is 2.86. The van der Waals surface area contributed by atoms with E-state index in [-0.39, 0.29) is 0 Å². The molecule has 4 nitrogen and oxygen atoms in total. The summed E-state index contributed by atoms with van der Waals surface area (Å²) in [4.78, 5) is 11.2. The molecule has 0 radical (unpaired) electrons. The molecule has 4 heteroatoms. The zero-order chi connectivity index (χ0) is 13.5. The molecule has 19 heavy (non-hydrogen) atoms. The Bertz CT molecular complexity index is 357. The third-order valence-corrected chi connectivity index (χ3v) is 3.79. The molecule has 0 saturated heterocycles. The van der Waals surface area contributed by atoms with Gasteiger partial charge < -0.3 is 10.2 Å². The third-order valence-electron chi connectivity index (χ3n) is 3.79. The molecular formula is C15H26N4. The summed E-state index contributed by atoms with van der Waals surface area (Å²) in [6, 6.07) is 0. The average molecular weight is 262 g/mol. The molecule has 0 atom stereocenters. The summed E-state index contributed by atoms with van der Waals surface area (Å²) in [5.41, 5.74) is 1.06. The number of nitrogens with one attached hydrogen (secondary N) is 1. The fraction of sp³-hybridized carbons (Fsp3) is 0.733. The van der Waals surface area contributed by atoms with Crippen molar-refractivity contribution in [3.63, 3.8) is 0 Å². The van der Waals surface area contributed by atoms with Crippen molar-refractivity contribution in [2.75, 3.05) is 25.5 Å². The summed E-state index contributed by atoms with van der Waals surface area (Å²) < 4.78 is 0. The van der Waals surface area contributed by atoms with Gasteiger partial charge in [0, 0.05) is 19.6 Å². The molecule has 0 amide bonds. The van der Waals surface area contributed by atoms with E-state index in [0.29, 0.717) is 0 Å². The molecule has 0 unspecified atom stereocenters. The van der Waals surface area contributed by atoms with Crippen molar-refractivity contribution in [1.82, 2.24) is 14.9 Å². The Morgan fingerprint density at radius 3 is 2.63 bits per heavy atom. The molecular weight excluding hydrogens is 236 g/mol. The highest BCUT2D eigenvalue weighted by molar-refractivity contribution is 5.30. The Kier molecular flexibility index (Phi) is 5.58. The standard InChI is InChI=1S/C15H26N4/c1-3-16-15-10-17-14(9-18-15)12-19(2)11-13-7-5-4-6-8-13/h9-10,13H,3-8,11-12H2,1-2H3,(H,16,18). The summed E-state index contributed by atoms with van der Waals surface area (Å²) in [5.74, 6) is 1.74. The summed E-state index contributed by atoms with van der Waals surface area (Å²) >= 11 is 0. The normalized spacial score (nSPS) is 16.8. The first-order valence-electron chi connectivity index (χ1n) is 7.51. The van der Waals surface area contributed by atoms with Gasteiger partial charge >= 0.3 is 0 Å². The lowest BCUT2D eigenvalue weighted by Crippen LogP contribution is -2.27. The predicted molar refractivity (Wildman–Crippen MR) is 79.1 cm³/mol. The Hall–Kier alpha value is -1.16. The molecule has 1 saturated carbocycles. The van der Waals surface area contributed by atoms with Crippen molar-refractivity contribution in [3.8, 4) is 0 Å². The van der Waals surface area contributed by atoms with E-state index in [2.05, 4.69) is 34.2 Å². The van der Waals surface area contributed by atoms with Crippen LogP contribution in [0.3, 0.4) is 0 Å². The van der Waals surface area contributed by atoms with Gasteiger partial charge in [-0.15, -0.1) is 0 Å². The van der Waals surface area contributed by atoms with Gasteiger partial charge in [-0.3, -0.25) is 4.98 Å². The van der Waals surface area contributed by atoms with Crippen molar-refractivity contribution < 1.29 is 0 Å². The molecule has 1 heterocycles. The first-order chi connectivity index (χ1) is 9.28. The second-order valence-corrected chi connectivity index (χ2v) is 5.62. The highest BCUT2D eigenvalue weighted by atomic mass is 15.1. The van der Waals surface area contributed by atoms with Crippen LogP contribution in [0.15, 0.2) is 12.4 Å². The van der Waals surface area contributed by atoms with Crippen LogP contribution in [-0.2, 0) is 6.54 Å². The monoisotopic (exact) mass is 262 g/mol. The van der Waals surface area contributed by atoms with Gasteiger partial charge in [0.15, 0.2) is 0 Å². The zero-order valence-electron chi connectivity index (χ0n) is 12.2. The third kappa shape index (κ3) is 4.78. The lowest BCUT2D eigenvalue weighted by molar-refractivity contribution is 0.226. The lowest BCUT2D eigenvalue weighted by Gasteiger charge is -2.26. The summed E-state index contributed by atoms with van der Waals surface area (Å²) in [7, 11) is 2.19. The topological polar surface area (TPSA) is 41.1 Å². The van der Waals surface area contributed by atoms with E-state index in [9.17, 15) is 0 Å². The molecule has 0 aromatic carbocycles. The van der Waals surface area contributed by atoms with E-state index in [4.69, 9.17) is 0 Å². The van der Waals surface area contributed by atoms with Crippen molar-refractivity contribution in [2.45, 2.75) is 45.6 Å². The molecule has 1 aliphatic carbocycles. The Labute approximate surface area is 116 Å². The van der Waals surface area contributed by atoms with Gasteiger partial charge in [-0.2, -0.15) is 0 Å². The predicted octanol–water partition coefficient (Wildman–Crippen LogP) is 2.92. The highest BCUT2D eigenvalue weighted by Crippen LogP contribution is 2.24. The number of hydrogen-bond donors (Lipinski definition) is 1.